The lowest BCUT2D eigenvalue weighted by Crippen LogP contribution is -2.01. The molecule has 0 spiro atoms. The van der Waals surface area contributed by atoms with Crippen molar-refractivity contribution in [1.82, 2.24) is 0 Å². The van der Waals surface area contributed by atoms with E-state index in [2.05, 4.69) is 61.0 Å². The number of ether oxygens (including phenoxy) is 1. The topological polar surface area (TPSA) is 9.23 Å². The Morgan fingerprint density at radius 2 is 2.06 bits per heavy atom. The molecule has 1 atom stereocenters. The molecule has 0 bridgehead atoms. The highest BCUT2D eigenvalue weighted by Gasteiger charge is 2.11. The number of benzene rings is 1. The zero-order valence-corrected chi connectivity index (χ0v) is 13.2. The third-order valence-electron chi connectivity index (χ3n) is 2.86. The lowest BCUT2D eigenvalue weighted by Gasteiger charge is -2.16. The zero-order valence-electron chi connectivity index (χ0n) is 11.6. The van der Waals surface area contributed by atoms with E-state index in [9.17, 15) is 0 Å². The summed E-state index contributed by atoms with van der Waals surface area (Å²) in [5, 5.41) is 0. The Kier molecular flexibility index (Phi) is 7.11. The molecule has 1 aromatic rings. The van der Waals surface area contributed by atoms with Crippen LogP contribution in [0.1, 0.15) is 51.5 Å². The van der Waals surface area contributed by atoms with Gasteiger partial charge in [0.2, 0.25) is 0 Å². The Labute approximate surface area is 119 Å². The van der Waals surface area contributed by atoms with Gasteiger partial charge in [0, 0.05) is 4.47 Å². The van der Waals surface area contributed by atoms with Crippen LogP contribution in [0.2, 0.25) is 0 Å². The van der Waals surface area contributed by atoms with Crippen molar-refractivity contribution in [2.24, 2.45) is 0 Å². The van der Waals surface area contributed by atoms with Gasteiger partial charge in [-0.1, -0.05) is 48.9 Å². The fraction of sp³-hybridized carbons (Fsp3) is 0.500. The molecule has 1 nitrogen and oxygen atoms in total. The summed E-state index contributed by atoms with van der Waals surface area (Å²) < 4.78 is 6.94. The molecule has 18 heavy (non-hydrogen) atoms. The van der Waals surface area contributed by atoms with E-state index in [0.29, 0.717) is 5.92 Å². The first kappa shape index (κ1) is 15.3. The first-order valence-corrected chi connectivity index (χ1v) is 7.55. The number of halogens is 1. The van der Waals surface area contributed by atoms with Gasteiger partial charge in [-0.05, 0) is 48.9 Å². The van der Waals surface area contributed by atoms with Crippen LogP contribution in [0.5, 0.6) is 5.75 Å². The minimum atomic E-state index is 0.483. The molecule has 0 saturated heterocycles. The van der Waals surface area contributed by atoms with Gasteiger partial charge in [-0.3, -0.25) is 0 Å². The average Bonchev–Trinajstić information content (AvgIpc) is 2.37. The standard InChI is InChI=1S/C16H23BrO/c1-4-6-7-8-13(3)15-12-14(17)9-10-16(15)18-11-5-2/h6-7,9-10,12-13H,4-5,8,11H2,1-3H3/b7-6-. The monoisotopic (exact) mass is 310 g/mol. The molecule has 0 aliphatic carbocycles. The summed E-state index contributed by atoms with van der Waals surface area (Å²) in [6.45, 7) is 7.33. The van der Waals surface area contributed by atoms with Crippen molar-refractivity contribution in [3.63, 3.8) is 0 Å². The smallest absolute Gasteiger partial charge is 0.122 e. The van der Waals surface area contributed by atoms with E-state index in [4.69, 9.17) is 4.74 Å². The van der Waals surface area contributed by atoms with E-state index >= 15 is 0 Å². The Balaban J connectivity index is 2.82. The molecular formula is C16H23BrO. The maximum Gasteiger partial charge on any atom is 0.122 e. The largest absolute Gasteiger partial charge is 0.493 e. The van der Waals surface area contributed by atoms with Crippen LogP contribution in [0.25, 0.3) is 0 Å². The second-order valence-corrected chi connectivity index (χ2v) is 5.46. The second-order valence-electron chi connectivity index (χ2n) is 4.55. The third kappa shape index (κ3) is 4.85. The van der Waals surface area contributed by atoms with Crippen molar-refractivity contribution in [1.29, 1.82) is 0 Å². The molecular weight excluding hydrogens is 288 g/mol. The highest BCUT2D eigenvalue weighted by atomic mass is 79.9. The van der Waals surface area contributed by atoms with Gasteiger partial charge < -0.3 is 4.74 Å². The van der Waals surface area contributed by atoms with E-state index in [-0.39, 0.29) is 0 Å². The maximum absolute atomic E-state index is 5.82. The molecule has 0 fully saturated rings. The van der Waals surface area contributed by atoms with E-state index in [1.807, 2.05) is 6.07 Å². The van der Waals surface area contributed by atoms with Gasteiger partial charge in [0.05, 0.1) is 6.61 Å². The van der Waals surface area contributed by atoms with Crippen LogP contribution in [0, 0.1) is 0 Å². The number of rotatable bonds is 7. The van der Waals surface area contributed by atoms with Crippen LogP contribution < -0.4 is 4.74 Å². The summed E-state index contributed by atoms with van der Waals surface area (Å²) >= 11 is 3.54. The van der Waals surface area contributed by atoms with Gasteiger partial charge in [0.1, 0.15) is 5.75 Å². The first-order chi connectivity index (χ1) is 8.69. The van der Waals surface area contributed by atoms with Gasteiger partial charge in [-0.15, -0.1) is 0 Å². The molecule has 0 aliphatic heterocycles. The predicted molar refractivity (Wildman–Crippen MR) is 82.4 cm³/mol. The van der Waals surface area contributed by atoms with E-state index < -0.39 is 0 Å². The quantitative estimate of drug-likeness (QED) is 0.587. The van der Waals surface area contributed by atoms with Gasteiger partial charge in [0.25, 0.3) is 0 Å². The first-order valence-electron chi connectivity index (χ1n) is 6.76. The van der Waals surface area contributed by atoms with Crippen LogP contribution in [0.3, 0.4) is 0 Å². The molecule has 1 rings (SSSR count). The summed E-state index contributed by atoms with van der Waals surface area (Å²) in [7, 11) is 0. The van der Waals surface area contributed by atoms with Crippen molar-refractivity contribution < 1.29 is 4.74 Å². The van der Waals surface area contributed by atoms with Gasteiger partial charge in [0.15, 0.2) is 0 Å². The van der Waals surface area contributed by atoms with E-state index in [0.717, 1.165) is 36.1 Å². The van der Waals surface area contributed by atoms with Gasteiger partial charge in [-0.2, -0.15) is 0 Å². The van der Waals surface area contributed by atoms with Crippen LogP contribution in [0.15, 0.2) is 34.8 Å². The fourth-order valence-corrected chi connectivity index (χ4v) is 2.22. The SMILES string of the molecule is CC/C=C\CC(C)c1cc(Br)ccc1OCCC. The van der Waals surface area contributed by atoms with Crippen LogP contribution in [0.4, 0.5) is 0 Å². The van der Waals surface area contributed by atoms with Crippen molar-refractivity contribution in [2.75, 3.05) is 6.61 Å². The van der Waals surface area contributed by atoms with Crippen molar-refractivity contribution in [3.8, 4) is 5.75 Å². The minimum Gasteiger partial charge on any atom is -0.493 e. The van der Waals surface area contributed by atoms with Crippen molar-refractivity contribution >= 4 is 15.9 Å². The molecule has 0 N–H and O–H groups in total. The molecule has 0 heterocycles. The van der Waals surface area contributed by atoms with Crippen LogP contribution in [-0.4, -0.2) is 6.61 Å². The van der Waals surface area contributed by atoms with E-state index in [1.165, 1.54) is 5.56 Å². The Morgan fingerprint density at radius 1 is 1.28 bits per heavy atom. The minimum absolute atomic E-state index is 0.483. The predicted octanol–water partition coefficient (Wildman–Crippen LogP) is 5.70. The van der Waals surface area contributed by atoms with Gasteiger partial charge >= 0.3 is 0 Å². The Hall–Kier alpha value is -0.760. The van der Waals surface area contributed by atoms with Crippen molar-refractivity contribution in [2.45, 2.75) is 46.0 Å². The number of hydrogen-bond acceptors (Lipinski definition) is 1. The summed E-state index contributed by atoms with van der Waals surface area (Å²) in [5.41, 5.74) is 1.29. The molecule has 0 saturated carbocycles. The van der Waals surface area contributed by atoms with Crippen LogP contribution in [-0.2, 0) is 0 Å². The highest BCUT2D eigenvalue weighted by Crippen LogP contribution is 2.32. The highest BCUT2D eigenvalue weighted by molar-refractivity contribution is 9.10. The summed E-state index contributed by atoms with van der Waals surface area (Å²) in [6, 6.07) is 6.29. The average molecular weight is 311 g/mol. The molecule has 1 unspecified atom stereocenters. The molecule has 0 aliphatic rings. The lowest BCUT2D eigenvalue weighted by molar-refractivity contribution is 0.312. The molecule has 0 amide bonds. The lowest BCUT2D eigenvalue weighted by atomic mass is 9.96. The third-order valence-corrected chi connectivity index (χ3v) is 3.35. The fourth-order valence-electron chi connectivity index (χ4n) is 1.84. The zero-order chi connectivity index (χ0) is 13.4. The number of allylic oxidation sites excluding steroid dienone is 2. The normalized spacial score (nSPS) is 12.9. The van der Waals surface area contributed by atoms with Crippen LogP contribution >= 0.6 is 15.9 Å². The maximum atomic E-state index is 5.82. The Bertz CT molecular complexity index is 385. The van der Waals surface area contributed by atoms with E-state index in [1.54, 1.807) is 0 Å². The molecule has 0 aromatic heterocycles. The summed E-state index contributed by atoms with van der Waals surface area (Å²) in [6.07, 6.45) is 7.69. The summed E-state index contributed by atoms with van der Waals surface area (Å²) in [4.78, 5) is 0. The summed E-state index contributed by atoms with van der Waals surface area (Å²) in [5.74, 6) is 1.51. The Morgan fingerprint density at radius 3 is 2.72 bits per heavy atom. The molecule has 2 heteroatoms. The molecule has 1 aromatic carbocycles. The molecule has 0 radical (unpaired) electrons. The van der Waals surface area contributed by atoms with Crippen molar-refractivity contribution in [3.05, 3.63) is 40.4 Å². The second kappa shape index (κ2) is 8.36. The van der Waals surface area contributed by atoms with Gasteiger partial charge in [-0.25, -0.2) is 0 Å². The molecule has 100 valence electrons. The number of hydrogen-bond donors (Lipinski definition) is 0.